The Hall–Kier alpha value is -5.37. The predicted octanol–water partition coefficient (Wildman–Crippen LogP) is 5.87. The molecule has 0 aromatic heterocycles. The van der Waals surface area contributed by atoms with Gasteiger partial charge in [-0.05, 0) is 96.8 Å². The van der Waals surface area contributed by atoms with Gasteiger partial charge >= 0.3 is 11.9 Å². The van der Waals surface area contributed by atoms with Crippen molar-refractivity contribution in [1.82, 2.24) is 0 Å². The Labute approximate surface area is 259 Å². The van der Waals surface area contributed by atoms with Crippen molar-refractivity contribution in [3.8, 4) is 5.75 Å². The number of imide groups is 1. The van der Waals surface area contributed by atoms with Crippen molar-refractivity contribution in [2.24, 2.45) is 23.7 Å². The van der Waals surface area contributed by atoms with Crippen LogP contribution in [0.3, 0.4) is 0 Å². The number of hydrogen-bond donors (Lipinski definition) is 0. The van der Waals surface area contributed by atoms with Crippen LogP contribution in [0.5, 0.6) is 5.75 Å². The number of carbonyl (C=O) groups is 5. The van der Waals surface area contributed by atoms with Gasteiger partial charge in [0.2, 0.25) is 11.8 Å². The van der Waals surface area contributed by atoms with Crippen molar-refractivity contribution < 1.29 is 33.4 Å². The number of nitrogens with zero attached hydrogens (tertiary/aromatic N) is 1. The topological polar surface area (TPSA) is 107 Å². The number of ether oxygens (including phenoxy) is 2. The van der Waals surface area contributed by atoms with Gasteiger partial charge in [-0.15, -0.1) is 0 Å². The van der Waals surface area contributed by atoms with E-state index in [2.05, 4.69) is 12.1 Å². The Bertz CT molecular complexity index is 1780. The standard InChI is InChI=1S/C37H29NO7/c39-31(23-13-17-28(18-14-23)45-37(43)24-9-5-2-6-10-24)21-44-36(42)25-11-15-27(16-12-25)38-34(40)32-26-19-29(22-7-3-1-4-8-22)30(20-26)33(32)35(38)41/h1-18,26,29-30,32-33H,19-21H2/t26-,29-,30-,32+,33+/m0/s1. The van der Waals surface area contributed by atoms with Gasteiger partial charge < -0.3 is 9.47 Å². The fourth-order valence-electron chi connectivity index (χ4n) is 7.29. The number of ketones is 1. The van der Waals surface area contributed by atoms with Gasteiger partial charge in [0.25, 0.3) is 0 Å². The third-order valence-corrected chi connectivity index (χ3v) is 9.34. The maximum Gasteiger partial charge on any atom is 0.343 e. The molecule has 8 heteroatoms. The highest BCUT2D eigenvalue weighted by atomic mass is 16.5. The van der Waals surface area contributed by atoms with Crippen LogP contribution < -0.4 is 9.64 Å². The summed E-state index contributed by atoms with van der Waals surface area (Å²) in [7, 11) is 0. The van der Waals surface area contributed by atoms with E-state index in [1.54, 1.807) is 42.5 Å². The molecule has 45 heavy (non-hydrogen) atoms. The molecule has 3 fully saturated rings. The van der Waals surface area contributed by atoms with Crippen LogP contribution in [0.25, 0.3) is 0 Å². The van der Waals surface area contributed by atoms with E-state index in [-0.39, 0.29) is 58.3 Å². The third-order valence-electron chi connectivity index (χ3n) is 9.34. The molecular formula is C37H29NO7. The molecule has 224 valence electrons. The lowest BCUT2D eigenvalue weighted by molar-refractivity contribution is -0.123. The SMILES string of the molecule is O=C(COC(=O)c1ccc(N2C(=O)[C@@H]3[C@@H]4C[C@H]([C@H]3C2=O)[C@H](c2ccccc2)C4)cc1)c1ccc(OC(=O)c2ccccc2)cc1. The van der Waals surface area contributed by atoms with Crippen molar-refractivity contribution in [2.75, 3.05) is 11.5 Å². The number of esters is 2. The zero-order chi connectivity index (χ0) is 31.1. The molecule has 5 atom stereocenters. The minimum absolute atomic E-state index is 0.149. The summed E-state index contributed by atoms with van der Waals surface area (Å²) in [6, 6.07) is 30.9. The Morgan fingerprint density at radius 1 is 0.644 bits per heavy atom. The third kappa shape index (κ3) is 5.22. The second-order valence-electron chi connectivity index (χ2n) is 11.8. The number of anilines is 1. The fourth-order valence-corrected chi connectivity index (χ4v) is 7.29. The monoisotopic (exact) mass is 599 g/mol. The van der Waals surface area contributed by atoms with Crippen LogP contribution in [0.4, 0.5) is 5.69 Å². The first kappa shape index (κ1) is 28.4. The largest absolute Gasteiger partial charge is 0.454 e. The summed E-state index contributed by atoms with van der Waals surface area (Å²) in [5.41, 5.74) is 2.54. The summed E-state index contributed by atoms with van der Waals surface area (Å²) in [4.78, 5) is 65.9. The molecular weight excluding hydrogens is 570 g/mol. The first-order chi connectivity index (χ1) is 21.9. The molecule has 4 aromatic carbocycles. The normalized spacial score (nSPS) is 23.1. The molecule has 1 aliphatic heterocycles. The van der Waals surface area contributed by atoms with E-state index >= 15 is 0 Å². The lowest BCUT2D eigenvalue weighted by Gasteiger charge is -2.28. The number of rotatable bonds is 8. The van der Waals surface area contributed by atoms with Gasteiger partial charge in [-0.3, -0.25) is 19.3 Å². The maximum atomic E-state index is 13.6. The van der Waals surface area contributed by atoms with Gasteiger partial charge in [0.05, 0.1) is 28.7 Å². The summed E-state index contributed by atoms with van der Waals surface area (Å²) < 4.78 is 10.6. The molecule has 3 aliphatic rings. The summed E-state index contributed by atoms with van der Waals surface area (Å²) in [5.74, 6) is -1.68. The van der Waals surface area contributed by atoms with Crippen LogP contribution in [0.2, 0.25) is 0 Å². The van der Waals surface area contributed by atoms with Crippen LogP contribution in [-0.2, 0) is 14.3 Å². The number of amides is 2. The summed E-state index contributed by atoms with van der Waals surface area (Å²) in [6.07, 6.45) is 1.81. The number of fused-ring (bicyclic) bond motifs is 5. The fraction of sp³-hybridized carbons (Fsp3) is 0.216. The van der Waals surface area contributed by atoms with E-state index in [1.165, 1.54) is 46.9 Å². The van der Waals surface area contributed by atoms with E-state index in [1.807, 2.05) is 18.2 Å². The van der Waals surface area contributed by atoms with Gasteiger partial charge in [-0.25, -0.2) is 9.59 Å². The molecule has 4 aromatic rings. The summed E-state index contributed by atoms with van der Waals surface area (Å²) in [6.45, 7) is -0.485. The molecule has 0 radical (unpaired) electrons. The molecule has 0 unspecified atom stereocenters. The highest BCUT2D eigenvalue weighted by Gasteiger charge is 2.64. The summed E-state index contributed by atoms with van der Waals surface area (Å²) in [5, 5.41) is 0. The van der Waals surface area contributed by atoms with Crippen molar-refractivity contribution in [3.05, 3.63) is 131 Å². The van der Waals surface area contributed by atoms with E-state index in [9.17, 15) is 24.0 Å². The van der Waals surface area contributed by atoms with E-state index < -0.39 is 24.3 Å². The van der Waals surface area contributed by atoms with Crippen molar-refractivity contribution in [2.45, 2.75) is 18.8 Å². The summed E-state index contributed by atoms with van der Waals surface area (Å²) >= 11 is 0. The Morgan fingerprint density at radius 2 is 1.24 bits per heavy atom. The van der Waals surface area contributed by atoms with E-state index in [4.69, 9.17) is 9.47 Å². The molecule has 1 saturated heterocycles. The van der Waals surface area contributed by atoms with Gasteiger partial charge in [0.15, 0.2) is 12.4 Å². The zero-order valence-electron chi connectivity index (χ0n) is 24.2. The predicted molar refractivity (Wildman–Crippen MR) is 164 cm³/mol. The number of Topliss-reactive ketones (excluding diaryl/α,β-unsaturated/α-hetero) is 1. The lowest BCUT2D eigenvalue weighted by Crippen LogP contribution is -2.33. The highest BCUT2D eigenvalue weighted by molar-refractivity contribution is 6.22. The molecule has 0 N–H and O–H groups in total. The van der Waals surface area contributed by atoms with Crippen molar-refractivity contribution in [1.29, 1.82) is 0 Å². The molecule has 2 amide bonds. The first-order valence-corrected chi connectivity index (χ1v) is 15.0. The van der Waals surface area contributed by atoms with Crippen LogP contribution >= 0.6 is 0 Å². The van der Waals surface area contributed by atoms with Gasteiger partial charge in [0, 0.05) is 5.56 Å². The molecule has 0 spiro atoms. The van der Waals surface area contributed by atoms with Crippen LogP contribution in [0, 0.1) is 23.7 Å². The van der Waals surface area contributed by atoms with E-state index in [0.717, 1.165) is 12.8 Å². The van der Waals surface area contributed by atoms with Crippen molar-refractivity contribution in [3.63, 3.8) is 0 Å². The first-order valence-electron chi connectivity index (χ1n) is 15.0. The highest BCUT2D eigenvalue weighted by Crippen LogP contribution is 2.61. The molecule has 8 nitrogen and oxygen atoms in total. The molecule has 2 bridgehead atoms. The maximum absolute atomic E-state index is 13.6. The Kier molecular flexibility index (Phi) is 7.33. The smallest absolute Gasteiger partial charge is 0.343 e. The van der Waals surface area contributed by atoms with Gasteiger partial charge in [0.1, 0.15) is 5.75 Å². The molecule has 7 rings (SSSR count). The number of benzene rings is 4. The number of carbonyl (C=O) groups excluding carboxylic acids is 5. The molecule has 2 aliphatic carbocycles. The average molecular weight is 600 g/mol. The van der Waals surface area contributed by atoms with Crippen LogP contribution in [0.15, 0.2) is 109 Å². The second kappa shape index (κ2) is 11.6. The van der Waals surface area contributed by atoms with Gasteiger partial charge in [-0.2, -0.15) is 0 Å². The van der Waals surface area contributed by atoms with Crippen molar-refractivity contribution >= 4 is 35.2 Å². The van der Waals surface area contributed by atoms with Gasteiger partial charge in [-0.1, -0.05) is 48.5 Å². The van der Waals surface area contributed by atoms with E-state index in [0.29, 0.717) is 11.3 Å². The molecule has 2 saturated carbocycles. The minimum atomic E-state index is -0.706. The zero-order valence-corrected chi connectivity index (χ0v) is 24.2. The quantitative estimate of drug-likeness (QED) is 0.108. The van der Waals surface area contributed by atoms with Crippen LogP contribution in [-0.4, -0.2) is 36.1 Å². The molecule has 1 heterocycles. The Morgan fingerprint density at radius 3 is 1.93 bits per heavy atom. The number of hydrogen-bond acceptors (Lipinski definition) is 7. The Balaban J connectivity index is 0.953. The lowest BCUT2D eigenvalue weighted by atomic mass is 9.73. The minimum Gasteiger partial charge on any atom is -0.454 e. The average Bonchev–Trinajstić information content (AvgIpc) is 3.75. The van der Waals surface area contributed by atoms with Crippen LogP contribution in [0.1, 0.15) is 55.4 Å². The second-order valence-corrected chi connectivity index (χ2v) is 11.8.